The Kier molecular flexibility index (Phi) is 5.23. The molecule has 3 aromatic rings. The minimum atomic E-state index is -1.19. The fraction of sp³-hybridized carbons (Fsp3) is 0.421. The molecule has 0 aliphatic carbocycles. The molecular weight excluding hydrogens is 362 g/mol. The number of fused-ring (bicyclic) bond motifs is 1. The van der Waals surface area contributed by atoms with E-state index in [0.29, 0.717) is 23.2 Å². The van der Waals surface area contributed by atoms with Crippen LogP contribution in [0.4, 0.5) is 0 Å². The number of imidazole rings is 1. The van der Waals surface area contributed by atoms with Crippen LogP contribution >= 0.6 is 0 Å². The summed E-state index contributed by atoms with van der Waals surface area (Å²) in [6.45, 7) is 0.210. The average Bonchev–Trinajstić information content (AvgIpc) is 3.26. The van der Waals surface area contributed by atoms with Gasteiger partial charge in [0.25, 0.3) is 0 Å². The molecule has 0 saturated carbocycles. The van der Waals surface area contributed by atoms with Crippen LogP contribution in [-0.2, 0) is 18.2 Å². The van der Waals surface area contributed by atoms with Gasteiger partial charge >= 0.3 is 0 Å². The van der Waals surface area contributed by atoms with Crippen molar-refractivity contribution < 1.29 is 20.1 Å². The van der Waals surface area contributed by atoms with Crippen molar-refractivity contribution in [1.82, 2.24) is 19.1 Å². The predicted molar refractivity (Wildman–Crippen MR) is 100 cm³/mol. The molecule has 1 aromatic carbocycles. The van der Waals surface area contributed by atoms with Crippen LogP contribution in [0.5, 0.6) is 0 Å². The summed E-state index contributed by atoms with van der Waals surface area (Å²) in [5.74, 6) is 0. The van der Waals surface area contributed by atoms with E-state index in [9.17, 15) is 15.3 Å². The van der Waals surface area contributed by atoms with Gasteiger partial charge in [-0.1, -0.05) is 30.3 Å². The van der Waals surface area contributed by atoms with Crippen LogP contribution in [0.2, 0.25) is 0 Å². The Balaban J connectivity index is 1.66. The second kappa shape index (κ2) is 7.80. The first kappa shape index (κ1) is 18.8. The quantitative estimate of drug-likeness (QED) is 0.546. The molecule has 0 unspecified atom stereocenters. The third-order valence-corrected chi connectivity index (χ3v) is 4.96. The zero-order chi connectivity index (χ0) is 19.7. The van der Waals surface area contributed by atoms with E-state index in [4.69, 9.17) is 4.74 Å². The Hall–Kier alpha value is -2.59. The molecule has 4 rings (SSSR count). The van der Waals surface area contributed by atoms with Crippen molar-refractivity contribution in [3.05, 3.63) is 54.0 Å². The second-order valence-electron chi connectivity index (χ2n) is 6.85. The van der Waals surface area contributed by atoms with Crippen LogP contribution in [-0.4, -0.2) is 65.9 Å². The SMILES string of the molecule is Cn1cnc2c(ncn2[C@@H]2O[C@H](CO)[C@@H](O)[C@H]2O)c1=NCCc1ccccc1. The van der Waals surface area contributed by atoms with Crippen molar-refractivity contribution in [2.75, 3.05) is 13.2 Å². The highest BCUT2D eigenvalue weighted by Crippen LogP contribution is 2.30. The Morgan fingerprint density at radius 2 is 1.89 bits per heavy atom. The molecule has 1 saturated heterocycles. The molecule has 148 valence electrons. The van der Waals surface area contributed by atoms with E-state index in [1.807, 2.05) is 25.2 Å². The summed E-state index contributed by atoms with van der Waals surface area (Å²) in [7, 11) is 1.85. The first-order valence-corrected chi connectivity index (χ1v) is 9.15. The molecule has 1 aliphatic heterocycles. The Morgan fingerprint density at radius 3 is 2.61 bits per heavy atom. The lowest BCUT2D eigenvalue weighted by molar-refractivity contribution is -0.0511. The Morgan fingerprint density at radius 1 is 1.11 bits per heavy atom. The topological polar surface area (TPSA) is 118 Å². The van der Waals surface area contributed by atoms with E-state index in [0.717, 1.165) is 6.42 Å². The van der Waals surface area contributed by atoms with Crippen molar-refractivity contribution in [3.63, 3.8) is 0 Å². The molecule has 0 amide bonds. The number of aryl methyl sites for hydroxylation is 1. The van der Waals surface area contributed by atoms with Gasteiger partial charge in [0, 0.05) is 13.6 Å². The number of hydrogen-bond acceptors (Lipinski definition) is 7. The first-order valence-electron chi connectivity index (χ1n) is 9.15. The van der Waals surface area contributed by atoms with Gasteiger partial charge in [-0.15, -0.1) is 0 Å². The van der Waals surface area contributed by atoms with Crippen molar-refractivity contribution >= 4 is 11.2 Å². The molecule has 1 aliphatic rings. The van der Waals surface area contributed by atoms with E-state index in [2.05, 4.69) is 27.1 Å². The number of rotatable bonds is 5. The largest absolute Gasteiger partial charge is 0.394 e. The number of ether oxygens (including phenoxy) is 1. The van der Waals surface area contributed by atoms with Crippen LogP contribution in [0.3, 0.4) is 0 Å². The molecule has 4 atom stereocenters. The number of aliphatic hydroxyl groups is 3. The first-order chi connectivity index (χ1) is 13.6. The number of benzene rings is 1. The normalized spacial score (nSPS) is 25.6. The van der Waals surface area contributed by atoms with Gasteiger partial charge in [0.05, 0.1) is 19.3 Å². The summed E-state index contributed by atoms with van der Waals surface area (Å²) in [5.41, 5.74) is 2.95. The molecule has 9 nitrogen and oxygen atoms in total. The van der Waals surface area contributed by atoms with E-state index in [1.54, 1.807) is 15.5 Å². The number of hydrogen-bond donors (Lipinski definition) is 3. The van der Waals surface area contributed by atoms with Crippen LogP contribution in [0.1, 0.15) is 11.8 Å². The van der Waals surface area contributed by atoms with Gasteiger partial charge in [-0.3, -0.25) is 9.56 Å². The van der Waals surface area contributed by atoms with Gasteiger partial charge in [0.15, 0.2) is 22.9 Å². The highest BCUT2D eigenvalue weighted by atomic mass is 16.6. The summed E-state index contributed by atoms with van der Waals surface area (Å²) in [6, 6.07) is 10.1. The lowest BCUT2D eigenvalue weighted by atomic mass is 10.1. The fourth-order valence-corrected chi connectivity index (χ4v) is 3.42. The maximum atomic E-state index is 10.3. The van der Waals surface area contributed by atoms with Crippen molar-refractivity contribution in [2.24, 2.45) is 12.0 Å². The minimum absolute atomic E-state index is 0.385. The smallest absolute Gasteiger partial charge is 0.167 e. The molecule has 3 N–H and O–H groups in total. The number of aliphatic hydroxyl groups excluding tert-OH is 3. The molecule has 9 heteroatoms. The van der Waals surface area contributed by atoms with Crippen LogP contribution in [0.25, 0.3) is 11.2 Å². The van der Waals surface area contributed by atoms with Crippen LogP contribution in [0, 0.1) is 0 Å². The third kappa shape index (κ3) is 3.33. The minimum Gasteiger partial charge on any atom is -0.394 e. The number of nitrogens with zero attached hydrogens (tertiary/aromatic N) is 5. The molecule has 0 bridgehead atoms. The highest BCUT2D eigenvalue weighted by Gasteiger charge is 2.43. The van der Waals surface area contributed by atoms with Crippen molar-refractivity contribution in [2.45, 2.75) is 31.0 Å². The van der Waals surface area contributed by atoms with Crippen molar-refractivity contribution in [1.29, 1.82) is 0 Å². The molecule has 2 aromatic heterocycles. The highest BCUT2D eigenvalue weighted by molar-refractivity contribution is 5.69. The van der Waals surface area contributed by atoms with E-state index >= 15 is 0 Å². The molecule has 3 heterocycles. The molecule has 0 spiro atoms. The summed E-state index contributed by atoms with van der Waals surface area (Å²) in [6.07, 6.45) is -0.162. The average molecular weight is 385 g/mol. The van der Waals surface area contributed by atoms with Crippen molar-refractivity contribution in [3.8, 4) is 0 Å². The summed E-state index contributed by atoms with van der Waals surface area (Å²) in [4.78, 5) is 13.5. The zero-order valence-corrected chi connectivity index (χ0v) is 15.5. The lowest BCUT2D eigenvalue weighted by Crippen LogP contribution is -2.33. The fourth-order valence-electron chi connectivity index (χ4n) is 3.42. The maximum Gasteiger partial charge on any atom is 0.167 e. The van der Waals surface area contributed by atoms with Gasteiger partial charge < -0.3 is 24.6 Å². The van der Waals surface area contributed by atoms with Crippen LogP contribution in [0.15, 0.2) is 48.0 Å². The third-order valence-electron chi connectivity index (χ3n) is 4.96. The van der Waals surface area contributed by atoms with Gasteiger partial charge in [-0.05, 0) is 12.0 Å². The van der Waals surface area contributed by atoms with Gasteiger partial charge in [0.1, 0.15) is 18.3 Å². The van der Waals surface area contributed by atoms with Gasteiger partial charge in [-0.25, -0.2) is 9.97 Å². The van der Waals surface area contributed by atoms with E-state index in [1.165, 1.54) is 11.9 Å². The maximum absolute atomic E-state index is 10.3. The summed E-state index contributed by atoms with van der Waals surface area (Å²) < 4.78 is 8.95. The molecule has 0 radical (unpaired) electrons. The lowest BCUT2D eigenvalue weighted by Gasteiger charge is -2.16. The number of aromatic nitrogens is 4. The molecule has 28 heavy (non-hydrogen) atoms. The standard InChI is InChI=1S/C19H23N5O4/c1-23-10-22-18-14(17(23)20-8-7-12-5-3-2-4-6-12)21-11-24(18)19-16(27)15(26)13(9-25)28-19/h2-6,10-11,13,15-16,19,25-27H,7-9H2,1H3/t13-,15-,16-,19-/m1/s1. The second-order valence-corrected chi connectivity index (χ2v) is 6.85. The predicted octanol–water partition coefficient (Wildman–Crippen LogP) is -0.475. The Bertz CT molecular complexity index is 1020. The van der Waals surface area contributed by atoms with Gasteiger partial charge in [-0.2, -0.15) is 0 Å². The van der Waals surface area contributed by atoms with E-state index < -0.39 is 24.5 Å². The molecular formula is C19H23N5O4. The molecule has 1 fully saturated rings. The Labute approximate surface area is 161 Å². The van der Waals surface area contributed by atoms with E-state index in [-0.39, 0.29) is 6.61 Å². The zero-order valence-electron chi connectivity index (χ0n) is 15.5. The summed E-state index contributed by atoms with van der Waals surface area (Å²) >= 11 is 0. The monoisotopic (exact) mass is 385 g/mol. The summed E-state index contributed by atoms with van der Waals surface area (Å²) in [5, 5.41) is 29.6. The van der Waals surface area contributed by atoms with Crippen LogP contribution < -0.4 is 5.49 Å². The van der Waals surface area contributed by atoms with Gasteiger partial charge in [0.2, 0.25) is 0 Å².